The lowest BCUT2D eigenvalue weighted by atomic mass is 10.1. The minimum absolute atomic E-state index is 0.108. The molecule has 0 saturated carbocycles. The molecule has 4 rings (SSSR count). The molecule has 0 aliphatic carbocycles. The molecule has 2 aromatic carbocycles. The van der Waals surface area contributed by atoms with Crippen molar-refractivity contribution in [1.82, 2.24) is 5.32 Å². The van der Waals surface area contributed by atoms with Crippen molar-refractivity contribution in [3.63, 3.8) is 0 Å². The van der Waals surface area contributed by atoms with Gasteiger partial charge in [-0.3, -0.25) is 0 Å². The molecule has 6 heteroatoms. The first-order valence-corrected chi connectivity index (χ1v) is 8.46. The topological polar surface area (TPSA) is 80.9 Å². The van der Waals surface area contributed by atoms with Crippen LogP contribution in [-0.2, 0) is 6.54 Å². The van der Waals surface area contributed by atoms with Crippen molar-refractivity contribution in [2.75, 3.05) is 13.2 Å². The normalized spacial score (nSPS) is 16.0. The van der Waals surface area contributed by atoms with Gasteiger partial charge in [-0.1, -0.05) is 12.1 Å². The Morgan fingerprint density at radius 3 is 2.85 bits per heavy atom. The summed E-state index contributed by atoms with van der Waals surface area (Å²) in [6, 6.07) is 12.4. The molecular weight excluding hydrogens is 334 g/mol. The zero-order valence-electron chi connectivity index (χ0n) is 14.3. The smallest absolute Gasteiger partial charge is 0.336 e. The van der Waals surface area contributed by atoms with Crippen molar-refractivity contribution in [3.05, 3.63) is 64.0 Å². The maximum Gasteiger partial charge on any atom is 0.336 e. The van der Waals surface area contributed by atoms with Crippen LogP contribution in [0.2, 0.25) is 0 Å². The van der Waals surface area contributed by atoms with Crippen molar-refractivity contribution in [2.45, 2.75) is 19.6 Å². The molecule has 0 radical (unpaired) electrons. The fourth-order valence-corrected chi connectivity index (χ4v) is 3.09. The molecule has 0 saturated heterocycles. The van der Waals surface area contributed by atoms with Gasteiger partial charge in [0.05, 0.1) is 0 Å². The molecule has 6 nitrogen and oxygen atoms in total. The maximum atomic E-state index is 11.8. The van der Waals surface area contributed by atoms with E-state index in [0.29, 0.717) is 30.8 Å². The Labute approximate surface area is 150 Å². The molecule has 1 atom stereocenters. The van der Waals surface area contributed by atoms with Crippen LogP contribution in [0.25, 0.3) is 11.0 Å². The van der Waals surface area contributed by atoms with Gasteiger partial charge in [0.25, 0.3) is 0 Å². The molecule has 134 valence electrons. The number of benzene rings is 2. The summed E-state index contributed by atoms with van der Waals surface area (Å²) >= 11 is 0. The third-order valence-corrected chi connectivity index (χ3v) is 4.47. The molecular formula is C20H19NO5. The highest BCUT2D eigenvalue weighted by Gasteiger charge is 2.20. The summed E-state index contributed by atoms with van der Waals surface area (Å²) in [5.41, 5.74) is 1.35. The number of phenols is 1. The number of hydrogen-bond acceptors (Lipinski definition) is 6. The number of phenolic OH excluding ortho intramolecular Hbond substituents is 1. The van der Waals surface area contributed by atoms with E-state index in [1.165, 1.54) is 6.07 Å². The standard InChI is InChI=1S/C20H19NO5/c1-12-16(22)7-6-15-13(8-19(23)26-20(12)15)9-21-10-14-11-24-17-4-2-3-5-18(17)25-14/h2-8,14,21-22H,9-11H2,1H3/t14-/m1/s1. The third kappa shape index (κ3) is 3.11. The van der Waals surface area contributed by atoms with Gasteiger partial charge < -0.3 is 24.3 Å². The molecule has 2 N–H and O–H groups in total. The third-order valence-electron chi connectivity index (χ3n) is 4.47. The van der Waals surface area contributed by atoms with E-state index in [1.807, 2.05) is 24.3 Å². The van der Waals surface area contributed by atoms with Crippen LogP contribution >= 0.6 is 0 Å². The summed E-state index contributed by atoms with van der Waals surface area (Å²) in [6.45, 7) is 3.25. The fraction of sp³-hybridized carbons (Fsp3) is 0.250. The second kappa shape index (κ2) is 6.72. The van der Waals surface area contributed by atoms with E-state index in [9.17, 15) is 9.90 Å². The largest absolute Gasteiger partial charge is 0.508 e. The Hall–Kier alpha value is -2.99. The lowest BCUT2D eigenvalue weighted by molar-refractivity contribution is 0.0902. The number of nitrogens with one attached hydrogen (secondary N) is 1. The minimum atomic E-state index is -0.436. The van der Waals surface area contributed by atoms with Crippen molar-refractivity contribution >= 4 is 11.0 Å². The molecule has 0 spiro atoms. The van der Waals surface area contributed by atoms with Crippen molar-refractivity contribution in [2.24, 2.45) is 0 Å². The maximum absolute atomic E-state index is 11.8. The first-order valence-electron chi connectivity index (χ1n) is 8.46. The van der Waals surface area contributed by atoms with E-state index >= 15 is 0 Å². The highest BCUT2D eigenvalue weighted by atomic mass is 16.6. The number of hydrogen-bond donors (Lipinski definition) is 2. The van der Waals surface area contributed by atoms with Gasteiger partial charge in [-0.25, -0.2) is 4.79 Å². The van der Waals surface area contributed by atoms with E-state index in [-0.39, 0.29) is 11.9 Å². The number of aryl methyl sites for hydroxylation is 1. The molecule has 3 aromatic rings. The van der Waals surface area contributed by atoms with Gasteiger partial charge in [0.15, 0.2) is 11.5 Å². The van der Waals surface area contributed by atoms with Crippen LogP contribution in [0, 0.1) is 6.92 Å². The van der Waals surface area contributed by atoms with Crippen LogP contribution in [-0.4, -0.2) is 24.4 Å². The van der Waals surface area contributed by atoms with Gasteiger partial charge >= 0.3 is 5.63 Å². The number of para-hydroxylation sites is 2. The predicted octanol–water partition coefficient (Wildman–Crippen LogP) is 2.74. The highest BCUT2D eigenvalue weighted by molar-refractivity contribution is 5.84. The molecule has 1 aliphatic heterocycles. The van der Waals surface area contributed by atoms with Gasteiger partial charge in [0, 0.05) is 30.1 Å². The second-order valence-electron chi connectivity index (χ2n) is 6.31. The van der Waals surface area contributed by atoms with Crippen molar-refractivity contribution < 1.29 is 19.0 Å². The first kappa shape index (κ1) is 16.5. The number of aromatic hydroxyl groups is 1. The van der Waals surface area contributed by atoms with Crippen LogP contribution in [0.1, 0.15) is 11.1 Å². The zero-order valence-corrected chi connectivity index (χ0v) is 14.3. The first-order chi connectivity index (χ1) is 12.6. The molecule has 0 fully saturated rings. The van der Waals surface area contributed by atoms with Crippen molar-refractivity contribution in [1.29, 1.82) is 0 Å². The van der Waals surface area contributed by atoms with E-state index in [4.69, 9.17) is 13.9 Å². The number of ether oxygens (including phenoxy) is 2. The van der Waals surface area contributed by atoms with Crippen LogP contribution in [0.15, 0.2) is 51.7 Å². The van der Waals surface area contributed by atoms with Crippen LogP contribution in [0.3, 0.4) is 0 Å². The average Bonchev–Trinajstić information content (AvgIpc) is 2.65. The monoisotopic (exact) mass is 353 g/mol. The number of rotatable bonds is 4. The lowest BCUT2D eigenvalue weighted by Crippen LogP contribution is -2.38. The van der Waals surface area contributed by atoms with Crippen LogP contribution in [0.4, 0.5) is 0 Å². The van der Waals surface area contributed by atoms with Gasteiger partial charge in [0.1, 0.15) is 24.0 Å². The molecule has 1 aromatic heterocycles. The SMILES string of the molecule is Cc1c(O)ccc2c(CNC[C@@H]3COc4ccccc4O3)cc(=O)oc12. The summed E-state index contributed by atoms with van der Waals surface area (Å²) in [5, 5.41) is 13.9. The quantitative estimate of drug-likeness (QED) is 0.702. The van der Waals surface area contributed by atoms with E-state index in [0.717, 1.165) is 22.4 Å². The Kier molecular flexibility index (Phi) is 4.26. The molecule has 0 unspecified atom stereocenters. The lowest BCUT2D eigenvalue weighted by Gasteiger charge is -2.26. The molecule has 0 amide bonds. The van der Waals surface area contributed by atoms with E-state index in [2.05, 4.69) is 5.32 Å². The molecule has 1 aliphatic rings. The summed E-state index contributed by atoms with van der Waals surface area (Å²) in [6.07, 6.45) is -0.109. The van der Waals surface area contributed by atoms with Gasteiger partial charge in [-0.15, -0.1) is 0 Å². The van der Waals surface area contributed by atoms with Gasteiger partial charge in [-0.2, -0.15) is 0 Å². The van der Waals surface area contributed by atoms with Crippen LogP contribution < -0.4 is 20.4 Å². The Morgan fingerprint density at radius 1 is 1.19 bits per heavy atom. The molecule has 2 heterocycles. The van der Waals surface area contributed by atoms with Gasteiger partial charge in [-0.05, 0) is 36.8 Å². The Morgan fingerprint density at radius 2 is 2.00 bits per heavy atom. The van der Waals surface area contributed by atoms with Crippen molar-refractivity contribution in [3.8, 4) is 17.2 Å². The Bertz CT molecular complexity index is 1010. The average molecular weight is 353 g/mol. The van der Waals surface area contributed by atoms with E-state index < -0.39 is 5.63 Å². The predicted molar refractivity (Wildman–Crippen MR) is 96.9 cm³/mol. The Balaban J connectivity index is 1.47. The van der Waals surface area contributed by atoms with Gasteiger partial charge in [0.2, 0.25) is 0 Å². The van der Waals surface area contributed by atoms with E-state index in [1.54, 1.807) is 19.1 Å². The summed E-state index contributed by atoms with van der Waals surface area (Å²) in [5.74, 6) is 1.60. The number of fused-ring (bicyclic) bond motifs is 2. The highest BCUT2D eigenvalue weighted by Crippen LogP contribution is 2.31. The van der Waals surface area contributed by atoms with Crippen LogP contribution in [0.5, 0.6) is 17.2 Å². The molecule has 26 heavy (non-hydrogen) atoms. The summed E-state index contributed by atoms with van der Waals surface area (Å²) < 4.78 is 16.9. The zero-order chi connectivity index (χ0) is 18.1. The summed E-state index contributed by atoms with van der Waals surface area (Å²) in [7, 11) is 0. The summed E-state index contributed by atoms with van der Waals surface area (Å²) in [4.78, 5) is 11.8. The fourth-order valence-electron chi connectivity index (χ4n) is 3.09. The second-order valence-corrected chi connectivity index (χ2v) is 6.31. The minimum Gasteiger partial charge on any atom is -0.508 e. The molecule has 0 bridgehead atoms.